The van der Waals surface area contributed by atoms with Crippen LogP contribution in [-0.4, -0.2) is 45.9 Å². The highest BCUT2D eigenvalue weighted by Gasteiger charge is 2.11. The maximum Gasteiger partial charge on any atom is 0.244 e. The van der Waals surface area contributed by atoms with Gasteiger partial charge >= 0.3 is 0 Å². The smallest absolute Gasteiger partial charge is 0.244 e. The number of aliphatic hydroxyl groups is 1. The summed E-state index contributed by atoms with van der Waals surface area (Å²) in [6, 6.07) is 1.97. The zero-order valence-electron chi connectivity index (χ0n) is 11.5. The summed E-state index contributed by atoms with van der Waals surface area (Å²) in [7, 11) is 1.81. The van der Waals surface area contributed by atoms with Gasteiger partial charge in [0.05, 0.1) is 5.69 Å². The molecule has 1 heterocycles. The lowest BCUT2D eigenvalue weighted by molar-refractivity contribution is -0.130. The Balaban J connectivity index is 2.38. The molecule has 0 fully saturated rings. The first-order chi connectivity index (χ1) is 8.54. The van der Waals surface area contributed by atoms with Crippen LogP contribution in [0.1, 0.15) is 30.7 Å². The molecule has 1 N–H and O–H groups in total. The lowest BCUT2D eigenvalue weighted by Crippen LogP contribution is -2.31. The maximum atomic E-state index is 12.0. The summed E-state index contributed by atoms with van der Waals surface area (Å²) in [4.78, 5) is 13.7. The zero-order chi connectivity index (χ0) is 13.5. The van der Waals surface area contributed by atoms with E-state index in [0.29, 0.717) is 6.54 Å². The summed E-state index contributed by atoms with van der Waals surface area (Å²) < 4.78 is 1.74. The van der Waals surface area contributed by atoms with Crippen LogP contribution in [0.3, 0.4) is 0 Å². The summed E-state index contributed by atoms with van der Waals surface area (Å²) in [5, 5.41) is 13.0. The number of carbonyl (C=O) groups is 1. The first-order valence-corrected chi connectivity index (χ1v) is 6.40. The lowest BCUT2D eigenvalue weighted by Gasteiger charge is -2.17. The van der Waals surface area contributed by atoms with Crippen LogP contribution in [-0.2, 0) is 11.3 Å². The highest BCUT2D eigenvalue weighted by molar-refractivity contribution is 5.75. The Morgan fingerprint density at radius 1 is 1.39 bits per heavy atom. The second kappa shape index (κ2) is 7.16. The van der Waals surface area contributed by atoms with E-state index in [0.717, 1.165) is 37.2 Å². The molecule has 0 radical (unpaired) electrons. The van der Waals surface area contributed by atoms with Crippen molar-refractivity contribution >= 4 is 5.91 Å². The van der Waals surface area contributed by atoms with Gasteiger partial charge in [0.1, 0.15) is 6.54 Å². The summed E-state index contributed by atoms with van der Waals surface area (Å²) in [6.45, 7) is 5.14. The molecule has 0 atom stereocenters. The van der Waals surface area contributed by atoms with Crippen LogP contribution in [0.15, 0.2) is 6.07 Å². The van der Waals surface area contributed by atoms with Crippen LogP contribution in [0.2, 0.25) is 0 Å². The van der Waals surface area contributed by atoms with E-state index in [1.165, 1.54) is 0 Å². The molecule has 0 spiro atoms. The molecule has 0 bridgehead atoms. The van der Waals surface area contributed by atoms with Gasteiger partial charge in [0.15, 0.2) is 0 Å². The van der Waals surface area contributed by atoms with Gasteiger partial charge in [-0.05, 0) is 39.2 Å². The Kier molecular flexibility index (Phi) is 5.85. The van der Waals surface area contributed by atoms with E-state index in [2.05, 4.69) is 5.10 Å². The topological polar surface area (TPSA) is 58.4 Å². The molecular weight excluding hydrogens is 230 g/mol. The number of hydrogen-bond donors (Lipinski definition) is 1. The van der Waals surface area contributed by atoms with Crippen molar-refractivity contribution < 1.29 is 9.90 Å². The summed E-state index contributed by atoms with van der Waals surface area (Å²) in [5.74, 6) is 0.0743. The number of hydrogen-bond acceptors (Lipinski definition) is 3. The monoisotopic (exact) mass is 253 g/mol. The molecule has 1 amide bonds. The first-order valence-electron chi connectivity index (χ1n) is 6.40. The second-order valence-electron chi connectivity index (χ2n) is 4.68. The van der Waals surface area contributed by atoms with Gasteiger partial charge in [0.25, 0.3) is 0 Å². The summed E-state index contributed by atoms with van der Waals surface area (Å²) >= 11 is 0. The molecule has 1 rings (SSSR count). The predicted molar refractivity (Wildman–Crippen MR) is 70.3 cm³/mol. The molecule has 0 aliphatic heterocycles. The Bertz CT molecular complexity index is 388. The van der Waals surface area contributed by atoms with E-state index in [9.17, 15) is 4.79 Å². The molecule has 5 nitrogen and oxygen atoms in total. The van der Waals surface area contributed by atoms with Crippen molar-refractivity contribution in [3.8, 4) is 0 Å². The Morgan fingerprint density at radius 2 is 2.11 bits per heavy atom. The van der Waals surface area contributed by atoms with Crippen LogP contribution in [0.4, 0.5) is 0 Å². The third kappa shape index (κ3) is 4.49. The molecule has 1 aromatic heterocycles. The fourth-order valence-corrected chi connectivity index (χ4v) is 1.85. The number of aryl methyl sites for hydroxylation is 2. The van der Waals surface area contributed by atoms with Gasteiger partial charge in [0.2, 0.25) is 5.91 Å². The number of unbranched alkanes of at least 4 members (excludes halogenated alkanes) is 2. The molecule has 5 heteroatoms. The number of nitrogens with zero attached hydrogens (tertiary/aromatic N) is 3. The standard InChI is InChI=1S/C13H23N3O2/c1-11-9-12(2)16(14-11)10-13(18)15(3)7-5-4-6-8-17/h9,17H,4-8,10H2,1-3H3. The molecule has 102 valence electrons. The summed E-state index contributed by atoms with van der Waals surface area (Å²) in [5.41, 5.74) is 1.94. The van der Waals surface area contributed by atoms with Crippen molar-refractivity contribution in [2.24, 2.45) is 0 Å². The van der Waals surface area contributed by atoms with Crippen molar-refractivity contribution in [1.82, 2.24) is 14.7 Å². The SMILES string of the molecule is Cc1cc(C)n(CC(=O)N(C)CCCCCO)n1. The molecule has 18 heavy (non-hydrogen) atoms. The minimum atomic E-state index is 0.0743. The number of likely N-dealkylation sites (N-methyl/N-ethyl adjacent to an activating group) is 1. The fourth-order valence-electron chi connectivity index (χ4n) is 1.85. The Morgan fingerprint density at radius 3 is 2.67 bits per heavy atom. The maximum absolute atomic E-state index is 12.0. The van der Waals surface area contributed by atoms with Crippen LogP contribution < -0.4 is 0 Å². The Hall–Kier alpha value is -1.36. The molecular formula is C13H23N3O2. The van der Waals surface area contributed by atoms with Crippen molar-refractivity contribution in [3.63, 3.8) is 0 Å². The van der Waals surface area contributed by atoms with E-state index < -0.39 is 0 Å². The first kappa shape index (κ1) is 14.7. The van der Waals surface area contributed by atoms with Gasteiger partial charge in [-0.2, -0.15) is 5.10 Å². The van der Waals surface area contributed by atoms with Crippen LogP contribution in [0.5, 0.6) is 0 Å². The van der Waals surface area contributed by atoms with Gasteiger partial charge in [-0.1, -0.05) is 0 Å². The number of aliphatic hydroxyl groups excluding tert-OH is 1. The minimum Gasteiger partial charge on any atom is -0.396 e. The highest BCUT2D eigenvalue weighted by atomic mass is 16.2. The molecule has 0 aliphatic rings. The molecule has 0 unspecified atom stereocenters. The van der Waals surface area contributed by atoms with Gasteiger partial charge in [0, 0.05) is 25.9 Å². The fraction of sp³-hybridized carbons (Fsp3) is 0.692. The third-order valence-electron chi connectivity index (χ3n) is 2.97. The van der Waals surface area contributed by atoms with Gasteiger partial charge < -0.3 is 10.0 Å². The number of amides is 1. The van der Waals surface area contributed by atoms with Crippen molar-refractivity contribution in [1.29, 1.82) is 0 Å². The van der Waals surface area contributed by atoms with E-state index in [-0.39, 0.29) is 12.5 Å². The second-order valence-corrected chi connectivity index (χ2v) is 4.68. The number of carbonyl (C=O) groups excluding carboxylic acids is 1. The average molecular weight is 253 g/mol. The molecule has 0 saturated heterocycles. The van der Waals surface area contributed by atoms with Gasteiger partial charge in [-0.15, -0.1) is 0 Å². The van der Waals surface area contributed by atoms with Gasteiger partial charge in [-0.3, -0.25) is 9.48 Å². The minimum absolute atomic E-state index is 0.0743. The van der Waals surface area contributed by atoms with Crippen LogP contribution in [0.25, 0.3) is 0 Å². The normalized spacial score (nSPS) is 10.7. The van der Waals surface area contributed by atoms with E-state index in [1.807, 2.05) is 27.0 Å². The number of rotatable bonds is 7. The van der Waals surface area contributed by atoms with E-state index in [4.69, 9.17) is 5.11 Å². The van der Waals surface area contributed by atoms with E-state index >= 15 is 0 Å². The van der Waals surface area contributed by atoms with Gasteiger partial charge in [-0.25, -0.2) is 0 Å². The average Bonchev–Trinajstić information content (AvgIpc) is 2.63. The molecule has 1 aromatic rings. The van der Waals surface area contributed by atoms with Crippen LogP contribution >= 0.6 is 0 Å². The molecule has 0 saturated carbocycles. The zero-order valence-corrected chi connectivity index (χ0v) is 11.5. The molecule has 0 aliphatic carbocycles. The highest BCUT2D eigenvalue weighted by Crippen LogP contribution is 2.03. The van der Waals surface area contributed by atoms with Crippen molar-refractivity contribution in [2.75, 3.05) is 20.2 Å². The Labute approximate surface area is 108 Å². The predicted octanol–water partition coefficient (Wildman–Crippen LogP) is 1.12. The lowest BCUT2D eigenvalue weighted by atomic mass is 10.2. The van der Waals surface area contributed by atoms with E-state index in [1.54, 1.807) is 9.58 Å². The largest absolute Gasteiger partial charge is 0.396 e. The van der Waals surface area contributed by atoms with Crippen LogP contribution in [0, 0.1) is 13.8 Å². The third-order valence-corrected chi connectivity index (χ3v) is 2.97. The number of aromatic nitrogens is 2. The van der Waals surface area contributed by atoms with Crippen molar-refractivity contribution in [3.05, 3.63) is 17.5 Å². The quantitative estimate of drug-likeness (QED) is 0.741. The molecule has 0 aromatic carbocycles. The summed E-state index contributed by atoms with van der Waals surface area (Å²) in [6.07, 6.45) is 2.69. The van der Waals surface area contributed by atoms with Crippen molar-refractivity contribution in [2.45, 2.75) is 39.7 Å².